The third-order valence-corrected chi connectivity index (χ3v) is 6.51. The van der Waals surface area contributed by atoms with E-state index in [0.29, 0.717) is 0 Å². The van der Waals surface area contributed by atoms with Crippen molar-refractivity contribution in [3.8, 4) is 11.1 Å². The summed E-state index contributed by atoms with van der Waals surface area (Å²) < 4.78 is 0. The lowest BCUT2D eigenvalue weighted by Gasteiger charge is -2.39. The molecule has 0 atom stereocenters. The van der Waals surface area contributed by atoms with Gasteiger partial charge in [-0.05, 0) is 63.1 Å². The summed E-state index contributed by atoms with van der Waals surface area (Å²) in [6, 6.07) is 24.5. The minimum Gasteiger partial charge on any atom is -0.294 e. The molecule has 0 unspecified atom stereocenters. The highest BCUT2D eigenvalue weighted by Gasteiger charge is 2.36. The van der Waals surface area contributed by atoms with Crippen molar-refractivity contribution in [1.82, 2.24) is 4.98 Å². The van der Waals surface area contributed by atoms with Crippen LogP contribution in [0.2, 0.25) is 0 Å². The molecule has 0 N–H and O–H groups in total. The van der Waals surface area contributed by atoms with Gasteiger partial charge in [0, 0.05) is 19.0 Å². The van der Waals surface area contributed by atoms with E-state index in [9.17, 15) is 0 Å². The van der Waals surface area contributed by atoms with E-state index in [1.54, 1.807) is 0 Å². The number of anilines is 3. The van der Waals surface area contributed by atoms with Crippen molar-refractivity contribution in [2.75, 3.05) is 4.90 Å². The van der Waals surface area contributed by atoms with Gasteiger partial charge in [0.1, 0.15) is 5.82 Å². The van der Waals surface area contributed by atoms with Gasteiger partial charge < -0.3 is 0 Å². The largest absolute Gasteiger partial charge is 0.294 e. The van der Waals surface area contributed by atoms with Crippen molar-refractivity contribution in [3.05, 3.63) is 106 Å². The summed E-state index contributed by atoms with van der Waals surface area (Å²) in [6.45, 7) is 0. The quantitative estimate of drug-likeness (QED) is 0.334. The molecule has 3 heterocycles. The first-order chi connectivity index (χ1) is 13.9. The van der Waals surface area contributed by atoms with Crippen LogP contribution in [-0.4, -0.2) is 4.98 Å². The average Bonchev–Trinajstić information content (AvgIpc) is 3.11. The first-order valence-corrected chi connectivity index (χ1v) is 9.96. The molecule has 1 aliphatic carbocycles. The van der Waals surface area contributed by atoms with Crippen LogP contribution in [0.1, 0.15) is 33.4 Å². The van der Waals surface area contributed by atoms with Crippen LogP contribution >= 0.6 is 0 Å². The van der Waals surface area contributed by atoms with E-state index >= 15 is 0 Å². The maximum absolute atomic E-state index is 4.81. The van der Waals surface area contributed by atoms with Crippen LogP contribution in [0.25, 0.3) is 11.1 Å². The van der Waals surface area contributed by atoms with E-state index in [4.69, 9.17) is 4.98 Å². The van der Waals surface area contributed by atoms with E-state index in [2.05, 4.69) is 71.6 Å². The van der Waals surface area contributed by atoms with Gasteiger partial charge in [-0.25, -0.2) is 4.98 Å². The Balaban J connectivity index is 1.60. The molecular formula is C26H18N2. The molecule has 2 nitrogen and oxygen atoms in total. The zero-order valence-electron chi connectivity index (χ0n) is 15.4. The summed E-state index contributed by atoms with van der Waals surface area (Å²) >= 11 is 0. The summed E-state index contributed by atoms with van der Waals surface area (Å²) in [5.41, 5.74) is 14.1. The summed E-state index contributed by atoms with van der Waals surface area (Å²) in [6.07, 6.45) is 4.93. The number of pyridine rings is 1. The average molecular weight is 358 g/mol. The molecule has 0 amide bonds. The highest BCUT2D eigenvalue weighted by molar-refractivity contribution is 5.94. The molecule has 0 saturated carbocycles. The maximum Gasteiger partial charge on any atom is 0.141 e. The number of nitrogens with zero attached hydrogens (tertiary/aromatic N) is 2. The van der Waals surface area contributed by atoms with Crippen LogP contribution in [-0.2, 0) is 19.3 Å². The highest BCUT2D eigenvalue weighted by Crippen LogP contribution is 2.54. The van der Waals surface area contributed by atoms with Crippen molar-refractivity contribution in [1.29, 1.82) is 0 Å². The molecule has 0 fully saturated rings. The van der Waals surface area contributed by atoms with Crippen molar-refractivity contribution in [3.63, 3.8) is 0 Å². The van der Waals surface area contributed by atoms with Crippen LogP contribution in [0.4, 0.5) is 17.2 Å². The molecule has 1 aromatic heterocycles. The van der Waals surface area contributed by atoms with E-state index < -0.39 is 0 Å². The van der Waals surface area contributed by atoms with E-state index in [1.165, 1.54) is 55.9 Å². The van der Waals surface area contributed by atoms with Crippen LogP contribution in [0.15, 0.2) is 72.9 Å². The monoisotopic (exact) mass is 358 g/mol. The van der Waals surface area contributed by atoms with Crippen LogP contribution in [0.5, 0.6) is 0 Å². The standard InChI is InChI=1S/C26H18N2/c1-3-9-21-16(6-1)12-19-14-20-13-18-8-5-11-27-26(18)28-23-10-4-2-7-17(23)15-22(24(19)21)25(20)28/h1-11,14H,12-13,15H2. The zero-order valence-corrected chi connectivity index (χ0v) is 15.4. The van der Waals surface area contributed by atoms with Gasteiger partial charge in [0.2, 0.25) is 0 Å². The lowest BCUT2D eigenvalue weighted by Crippen LogP contribution is -2.26. The molecule has 2 aliphatic heterocycles. The number of rotatable bonds is 0. The summed E-state index contributed by atoms with van der Waals surface area (Å²) in [4.78, 5) is 7.23. The van der Waals surface area contributed by atoms with Crippen molar-refractivity contribution >= 4 is 17.2 Å². The van der Waals surface area contributed by atoms with Gasteiger partial charge in [-0.2, -0.15) is 0 Å². The Morgan fingerprint density at radius 2 is 1.46 bits per heavy atom. The lowest BCUT2D eigenvalue weighted by molar-refractivity contribution is 0.978. The molecule has 28 heavy (non-hydrogen) atoms. The predicted octanol–water partition coefficient (Wildman–Crippen LogP) is 5.93. The topological polar surface area (TPSA) is 16.1 Å². The Morgan fingerprint density at radius 3 is 2.43 bits per heavy atom. The Bertz CT molecular complexity index is 1290. The molecule has 132 valence electrons. The van der Waals surface area contributed by atoms with E-state index in [1.807, 2.05) is 6.20 Å². The summed E-state index contributed by atoms with van der Waals surface area (Å²) in [5.74, 6) is 1.09. The van der Waals surface area contributed by atoms with E-state index in [0.717, 1.165) is 25.1 Å². The Labute approximate surface area is 164 Å². The number of benzene rings is 3. The first-order valence-electron chi connectivity index (χ1n) is 9.96. The summed E-state index contributed by atoms with van der Waals surface area (Å²) in [5, 5.41) is 0. The smallest absolute Gasteiger partial charge is 0.141 e. The number of fused-ring (bicyclic) bond motifs is 8. The number of para-hydroxylation sites is 1. The van der Waals surface area contributed by atoms with Gasteiger partial charge in [-0.1, -0.05) is 54.6 Å². The minimum atomic E-state index is 0.966. The third kappa shape index (κ3) is 1.75. The SMILES string of the molecule is c1ccc2c(c1)Cc1cc3c4c(c1-2)Cc1ccccc1N4c1ncccc1C3. The van der Waals surface area contributed by atoms with Crippen LogP contribution in [0.3, 0.4) is 0 Å². The molecular weight excluding hydrogens is 340 g/mol. The van der Waals surface area contributed by atoms with Crippen LogP contribution < -0.4 is 4.90 Å². The normalized spacial score (nSPS) is 14.6. The second-order valence-corrected chi connectivity index (χ2v) is 8.03. The van der Waals surface area contributed by atoms with Crippen molar-refractivity contribution < 1.29 is 0 Å². The van der Waals surface area contributed by atoms with Gasteiger partial charge in [0.15, 0.2) is 0 Å². The lowest BCUT2D eigenvalue weighted by atomic mass is 9.83. The number of hydrogen-bond acceptors (Lipinski definition) is 2. The molecule has 3 aromatic carbocycles. The Morgan fingerprint density at radius 1 is 0.679 bits per heavy atom. The minimum absolute atomic E-state index is 0.966. The zero-order chi connectivity index (χ0) is 18.2. The molecule has 0 spiro atoms. The predicted molar refractivity (Wildman–Crippen MR) is 113 cm³/mol. The molecule has 3 aliphatic rings. The van der Waals surface area contributed by atoms with Crippen molar-refractivity contribution in [2.24, 2.45) is 0 Å². The van der Waals surface area contributed by atoms with Crippen molar-refractivity contribution in [2.45, 2.75) is 19.3 Å². The Kier molecular flexibility index (Phi) is 2.67. The second kappa shape index (κ2) is 5.11. The van der Waals surface area contributed by atoms with Crippen LogP contribution in [0, 0.1) is 0 Å². The molecule has 7 rings (SSSR count). The summed E-state index contributed by atoms with van der Waals surface area (Å²) in [7, 11) is 0. The Hall–Kier alpha value is -3.39. The van der Waals surface area contributed by atoms with Gasteiger partial charge in [0.05, 0.1) is 11.4 Å². The highest BCUT2D eigenvalue weighted by atomic mass is 15.2. The van der Waals surface area contributed by atoms with Gasteiger partial charge in [-0.15, -0.1) is 0 Å². The molecule has 0 bridgehead atoms. The second-order valence-electron chi connectivity index (χ2n) is 8.03. The fourth-order valence-electron chi connectivity index (χ4n) is 5.42. The third-order valence-electron chi connectivity index (χ3n) is 6.51. The fraction of sp³-hybridized carbons (Fsp3) is 0.115. The van der Waals surface area contributed by atoms with Gasteiger partial charge in [0.25, 0.3) is 0 Å². The maximum atomic E-state index is 4.81. The molecule has 0 radical (unpaired) electrons. The first kappa shape index (κ1) is 14.6. The molecule has 0 saturated heterocycles. The van der Waals surface area contributed by atoms with Gasteiger partial charge in [-0.3, -0.25) is 4.90 Å². The number of hydrogen-bond donors (Lipinski definition) is 0. The van der Waals surface area contributed by atoms with E-state index in [-0.39, 0.29) is 0 Å². The number of aromatic nitrogens is 1. The molecule has 2 heteroatoms. The van der Waals surface area contributed by atoms with Gasteiger partial charge >= 0.3 is 0 Å². The molecule has 4 aromatic rings. The fourth-order valence-corrected chi connectivity index (χ4v) is 5.42.